The first-order valence-electron chi connectivity index (χ1n) is 7.71. The predicted molar refractivity (Wildman–Crippen MR) is 82.6 cm³/mol. The standard InChI is InChI=1S/C17H23NO4/c1-3-22-17(20)14-8-10-18(11-9-14)16(19)12-13-4-6-15(21-2)7-5-13/h4-7,14H,3,8-12H2,1-2H3. The first kappa shape index (κ1) is 16.3. The van der Waals surface area contributed by atoms with E-state index in [2.05, 4.69) is 0 Å². The lowest BCUT2D eigenvalue weighted by atomic mass is 9.96. The zero-order chi connectivity index (χ0) is 15.9. The lowest BCUT2D eigenvalue weighted by molar-refractivity contribution is -0.151. The summed E-state index contributed by atoms with van der Waals surface area (Å²) in [5, 5.41) is 0. The van der Waals surface area contributed by atoms with Gasteiger partial charge < -0.3 is 14.4 Å². The molecule has 1 fully saturated rings. The number of hydrogen-bond acceptors (Lipinski definition) is 4. The van der Waals surface area contributed by atoms with Crippen molar-refractivity contribution < 1.29 is 19.1 Å². The zero-order valence-electron chi connectivity index (χ0n) is 13.2. The molecule has 1 aliphatic heterocycles. The van der Waals surface area contributed by atoms with Crippen molar-refractivity contribution in [1.82, 2.24) is 4.90 Å². The van der Waals surface area contributed by atoms with Gasteiger partial charge in [-0.05, 0) is 37.5 Å². The van der Waals surface area contributed by atoms with Crippen molar-refractivity contribution in [3.05, 3.63) is 29.8 Å². The van der Waals surface area contributed by atoms with Gasteiger partial charge in [-0.3, -0.25) is 9.59 Å². The number of nitrogens with zero attached hydrogens (tertiary/aromatic N) is 1. The Morgan fingerprint density at radius 1 is 1.18 bits per heavy atom. The van der Waals surface area contributed by atoms with Crippen molar-refractivity contribution >= 4 is 11.9 Å². The highest BCUT2D eigenvalue weighted by atomic mass is 16.5. The molecule has 1 aromatic rings. The third-order valence-electron chi connectivity index (χ3n) is 3.98. The minimum Gasteiger partial charge on any atom is -0.497 e. The SMILES string of the molecule is CCOC(=O)C1CCN(C(=O)Cc2ccc(OC)cc2)CC1. The summed E-state index contributed by atoms with van der Waals surface area (Å²) in [5.41, 5.74) is 0.971. The van der Waals surface area contributed by atoms with Gasteiger partial charge in [0.1, 0.15) is 5.75 Å². The molecule has 5 nitrogen and oxygen atoms in total. The molecule has 0 atom stereocenters. The van der Waals surface area contributed by atoms with E-state index in [1.165, 1.54) is 0 Å². The smallest absolute Gasteiger partial charge is 0.309 e. The van der Waals surface area contributed by atoms with E-state index in [1.807, 2.05) is 36.1 Å². The number of likely N-dealkylation sites (tertiary alicyclic amines) is 1. The molecule has 2 rings (SSSR count). The predicted octanol–water partition coefficient (Wildman–Crippen LogP) is 2.04. The molecule has 1 aliphatic rings. The van der Waals surface area contributed by atoms with E-state index in [0.717, 1.165) is 11.3 Å². The number of rotatable bonds is 5. The number of carbonyl (C=O) groups excluding carboxylic acids is 2. The number of piperidine rings is 1. The minimum atomic E-state index is -0.134. The number of ether oxygens (including phenoxy) is 2. The van der Waals surface area contributed by atoms with Crippen LogP contribution in [0.1, 0.15) is 25.3 Å². The van der Waals surface area contributed by atoms with Gasteiger partial charge in [0.2, 0.25) is 5.91 Å². The van der Waals surface area contributed by atoms with Gasteiger partial charge in [0.15, 0.2) is 0 Å². The van der Waals surface area contributed by atoms with E-state index >= 15 is 0 Å². The first-order valence-corrected chi connectivity index (χ1v) is 7.71. The summed E-state index contributed by atoms with van der Waals surface area (Å²) >= 11 is 0. The van der Waals surface area contributed by atoms with Crippen LogP contribution in [0.3, 0.4) is 0 Å². The summed E-state index contributed by atoms with van der Waals surface area (Å²) in [7, 11) is 1.62. The van der Waals surface area contributed by atoms with Crippen LogP contribution in [0.5, 0.6) is 5.75 Å². The van der Waals surface area contributed by atoms with Crippen LogP contribution in [0.2, 0.25) is 0 Å². The highest BCUT2D eigenvalue weighted by molar-refractivity contribution is 5.79. The summed E-state index contributed by atoms with van der Waals surface area (Å²) in [4.78, 5) is 25.8. The van der Waals surface area contributed by atoms with Crippen LogP contribution in [0.4, 0.5) is 0 Å². The molecule has 0 aliphatic carbocycles. The average Bonchev–Trinajstić information content (AvgIpc) is 2.56. The Morgan fingerprint density at radius 3 is 2.36 bits per heavy atom. The summed E-state index contributed by atoms with van der Waals surface area (Å²) in [6.07, 6.45) is 1.76. The maximum absolute atomic E-state index is 12.3. The molecule has 1 aromatic carbocycles. The van der Waals surface area contributed by atoms with Gasteiger partial charge in [-0.25, -0.2) is 0 Å². The molecule has 1 amide bonds. The number of amides is 1. The fourth-order valence-corrected chi connectivity index (χ4v) is 2.65. The first-order chi connectivity index (χ1) is 10.6. The lowest BCUT2D eigenvalue weighted by Crippen LogP contribution is -2.41. The second-order valence-electron chi connectivity index (χ2n) is 5.43. The van der Waals surface area contributed by atoms with Gasteiger partial charge >= 0.3 is 5.97 Å². The third kappa shape index (κ3) is 4.23. The molecule has 0 radical (unpaired) electrons. The Kier molecular flexibility index (Phi) is 5.81. The van der Waals surface area contributed by atoms with Gasteiger partial charge in [0, 0.05) is 13.1 Å². The average molecular weight is 305 g/mol. The number of carbonyl (C=O) groups is 2. The summed E-state index contributed by atoms with van der Waals surface area (Å²) in [6.45, 7) is 3.47. The van der Waals surface area contributed by atoms with Gasteiger partial charge in [-0.1, -0.05) is 12.1 Å². The van der Waals surface area contributed by atoms with E-state index in [9.17, 15) is 9.59 Å². The quantitative estimate of drug-likeness (QED) is 0.781. The fourth-order valence-electron chi connectivity index (χ4n) is 2.65. The van der Waals surface area contributed by atoms with E-state index in [1.54, 1.807) is 7.11 Å². The second kappa shape index (κ2) is 7.82. The Morgan fingerprint density at radius 2 is 1.82 bits per heavy atom. The molecule has 1 heterocycles. The van der Waals surface area contributed by atoms with E-state index in [-0.39, 0.29) is 17.8 Å². The second-order valence-corrected chi connectivity index (χ2v) is 5.43. The van der Waals surface area contributed by atoms with Crippen molar-refractivity contribution in [1.29, 1.82) is 0 Å². The number of methoxy groups -OCH3 is 1. The molecule has 0 unspecified atom stereocenters. The van der Waals surface area contributed by atoms with Crippen molar-refractivity contribution in [3.8, 4) is 5.75 Å². The highest BCUT2D eigenvalue weighted by Crippen LogP contribution is 2.20. The summed E-state index contributed by atoms with van der Waals surface area (Å²) in [6, 6.07) is 7.52. The van der Waals surface area contributed by atoms with Crippen molar-refractivity contribution in [3.63, 3.8) is 0 Å². The Balaban J connectivity index is 1.83. The lowest BCUT2D eigenvalue weighted by Gasteiger charge is -2.31. The monoisotopic (exact) mass is 305 g/mol. The highest BCUT2D eigenvalue weighted by Gasteiger charge is 2.28. The third-order valence-corrected chi connectivity index (χ3v) is 3.98. The van der Waals surface area contributed by atoms with Crippen molar-refractivity contribution in [2.24, 2.45) is 5.92 Å². The molecule has 5 heteroatoms. The van der Waals surface area contributed by atoms with Crippen molar-refractivity contribution in [2.45, 2.75) is 26.2 Å². The van der Waals surface area contributed by atoms with Crippen LogP contribution < -0.4 is 4.74 Å². The van der Waals surface area contributed by atoms with E-state index in [4.69, 9.17) is 9.47 Å². The van der Waals surface area contributed by atoms with Crippen LogP contribution in [0, 0.1) is 5.92 Å². The molecule has 1 saturated heterocycles. The summed E-state index contributed by atoms with van der Waals surface area (Å²) in [5.74, 6) is 0.689. The van der Waals surface area contributed by atoms with E-state index in [0.29, 0.717) is 39.0 Å². The number of esters is 1. The van der Waals surface area contributed by atoms with Crippen molar-refractivity contribution in [2.75, 3.05) is 26.8 Å². The van der Waals surface area contributed by atoms with Crippen LogP contribution in [0.25, 0.3) is 0 Å². The largest absolute Gasteiger partial charge is 0.497 e. The molecule has 0 aromatic heterocycles. The Bertz CT molecular complexity index is 504. The van der Waals surface area contributed by atoms with Crippen LogP contribution >= 0.6 is 0 Å². The number of hydrogen-bond donors (Lipinski definition) is 0. The van der Waals surface area contributed by atoms with Crippen LogP contribution in [0.15, 0.2) is 24.3 Å². The number of benzene rings is 1. The molecule has 22 heavy (non-hydrogen) atoms. The maximum atomic E-state index is 12.3. The molecule has 0 bridgehead atoms. The normalized spacial score (nSPS) is 15.5. The fraction of sp³-hybridized carbons (Fsp3) is 0.529. The van der Waals surface area contributed by atoms with Gasteiger partial charge in [0.05, 0.1) is 26.1 Å². The van der Waals surface area contributed by atoms with Gasteiger partial charge in [-0.15, -0.1) is 0 Å². The molecular weight excluding hydrogens is 282 g/mol. The van der Waals surface area contributed by atoms with E-state index < -0.39 is 0 Å². The summed E-state index contributed by atoms with van der Waals surface area (Å²) < 4.78 is 10.1. The molecule has 0 spiro atoms. The van der Waals surface area contributed by atoms with Crippen LogP contribution in [-0.2, 0) is 20.7 Å². The molecule has 120 valence electrons. The van der Waals surface area contributed by atoms with Crippen LogP contribution in [-0.4, -0.2) is 43.6 Å². The Hall–Kier alpha value is -2.04. The molecule has 0 saturated carbocycles. The zero-order valence-corrected chi connectivity index (χ0v) is 13.2. The van der Waals surface area contributed by atoms with Gasteiger partial charge in [0.25, 0.3) is 0 Å². The van der Waals surface area contributed by atoms with Gasteiger partial charge in [-0.2, -0.15) is 0 Å². The maximum Gasteiger partial charge on any atom is 0.309 e. The molecular formula is C17H23NO4. The topological polar surface area (TPSA) is 55.8 Å². The Labute approximate surface area is 131 Å². The molecule has 0 N–H and O–H groups in total. The minimum absolute atomic E-state index is 0.0648.